The van der Waals surface area contributed by atoms with E-state index in [0.29, 0.717) is 11.8 Å². The normalized spacial score (nSPS) is 15.1. The summed E-state index contributed by atoms with van der Waals surface area (Å²) in [4.78, 5) is 4.16. The molecule has 0 aliphatic carbocycles. The average Bonchev–Trinajstić information content (AvgIpc) is 2.26. The van der Waals surface area contributed by atoms with Gasteiger partial charge in [0.2, 0.25) is 0 Å². The summed E-state index contributed by atoms with van der Waals surface area (Å²) in [5, 5.41) is 3.25. The Morgan fingerprint density at radius 2 is 2.29 bits per heavy atom. The van der Waals surface area contributed by atoms with Crippen LogP contribution in [-0.4, -0.2) is 18.6 Å². The molecule has 78 valence electrons. The van der Waals surface area contributed by atoms with Crippen LogP contribution in [0.3, 0.4) is 0 Å². The highest BCUT2D eigenvalue weighted by atomic mass is 14.8. The van der Waals surface area contributed by atoms with Crippen LogP contribution in [-0.2, 0) is 0 Å². The van der Waals surface area contributed by atoms with Gasteiger partial charge >= 0.3 is 0 Å². The van der Waals surface area contributed by atoms with Crippen molar-refractivity contribution in [2.45, 2.75) is 26.2 Å². The molecule has 0 saturated carbocycles. The first-order valence-corrected chi connectivity index (χ1v) is 5.34. The van der Waals surface area contributed by atoms with Crippen molar-refractivity contribution >= 4 is 0 Å². The standard InChI is InChI=1S/C12H20N2/c1-4-11(8-13-3)10(2)12-6-5-7-14-9-12/h5-7,9-11,13H,4,8H2,1-3H3. The van der Waals surface area contributed by atoms with E-state index in [-0.39, 0.29) is 0 Å². The lowest BCUT2D eigenvalue weighted by Gasteiger charge is -2.22. The molecule has 0 amide bonds. The van der Waals surface area contributed by atoms with Crippen LogP contribution in [0, 0.1) is 5.92 Å². The predicted molar refractivity (Wildman–Crippen MR) is 60.4 cm³/mol. The molecule has 1 heterocycles. The molecule has 0 bridgehead atoms. The summed E-state index contributed by atoms with van der Waals surface area (Å²) in [5.74, 6) is 1.28. The van der Waals surface area contributed by atoms with Crippen molar-refractivity contribution in [2.24, 2.45) is 5.92 Å². The Labute approximate surface area is 86.8 Å². The van der Waals surface area contributed by atoms with Crippen molar-refractivity contribution in [1.82, 2.24) is 10.3 Å². The molecule has 0 radical (unpaired) electrons. The Hall–Kier alpha value is -0.890. The lowest BCUT2D eigenvalue weighted by molar-refractivity contribution is 0.415. The fourth-order valence-electron chi connectivity index (χ4n) is 1.85. The number of aromatic nitrogens is 1. The van der Waals surface area contributed by atoms with Crippen LogP contribution in [0.1, 0.15) is 31.7 Å². The van der Waals surface area contributed by atoms with Crippen molar-refractivity contribution < 1.29 is 0 Å². The molecule has 1 aromatic rings. The topological polar surface area (TPSA) is 24.9 Å². The molecule has 0 aliphatic heterocycles. The first-order valence-electron chi connectivity index (χ1n) is 5.34. The maximum absolute atomic E-state index is 4.16. The first kappa shape index (κ1) is 11.2. The van der Waals surface area contributed by atoms with Gasteiger partial charge in [0.05, 0.1) is 0 Å². The zero-order valence-electron chi connectivity index (χ0n) is 9.33. The summed E-state index contributed by atoms with van der Waals surface area (Å²) in [5.41, 5.74) is 1.34. The summed E-state index contributed by atoms with van der Waals surface area (Å²) >= 11 is 0. The van der Waals surface area contributed by atoms with E-state index in [0.717, 1.165) is 6.54 Å². The van der Waals surface area contributed by atoms with E-state index >= 15 is 0 Å². The Balaban J connectivity index is 2.67. The van der Waals surface area contributed by atoms with Crippen LogP contribution in [0.4, 0.5) is 0 Å². The van der Waals surface area contributed by atoms with Crippen LogP contribution < -0.4 is 5.32 Å². The number of nitrogens with zero attached hydrogens (tertiary/aromatic N) is 1. The molecule has 2 unspecified atom stereocenters. The van der Waals surface area contributed by atoms with E-state index in [4.69, 9.17) is 0 Å². The molecule has 2 heteroatoms. The van der Waals surface area contributed by atoms with Gasteiger partial charge in [-0.15, -0.1) is 0 Å². The molecule has 0 spiro atoms. The number of rotatable bonds is 5. The van der Waals surface area contributed by atoms with Gasteiger partial charge in [0.25, 0.3) is 0 Å². The van der Waals surface area contributed by atoms with Crippen LogP contribution in [0.25, 0.3) is 0 Å². The van der Waals surface area contributed by atoms with Gasteiger partial charge in [-0.25, -0.2) is 0 Å². The highest BCUT2D eigenvalue weighted by molar-refractivity contribution is 5.14. The van der Waals surface area contributed by atoms with Gasteiger partial charge in [0.1, 0.15) is 0 Å². The smallest absolute Gasteiger partial charge is 0.0302 e. The lowest BCUT2D eigenvalue weighted by Crippen LogP contribution is -2.22. The third-order valence-electron chi connectivity index (χ3n) is 2.91. The van der Waals surface area contributed by atoms with Crippen molar-refractivity contribution in [2.75, 3.05) is 13.6 Å². The molecule has 2 nitrogen and oxygen atoms in total. The van der Waals surface area contributed by atoms with Crippen molar-refractivity contribution in [3.05, 3.63) is 30.1 Å². The third kappa shape index (κ3) is 2.81. The van der Waals surface area contributed by atoms with Gasteiger partial charge in [-0.3, -0.25) is 4.98 Å². The number of hydrogen-bond acceptors (Lipinski definition) is 2. The minimum Gasteiger partial charge on any atom is -0.319 e. The molecule has 0 saturated heterocycles. The van der Waals surface area contributed by atoms with Crippen LogP contribution in [0.15, 0.2) is 24.5 Å². The van der Waals surface area contributed by atoms with Gasteiger partial charge in [-0.2, -0.15) is 0 Å². The number of hydrogen-bond donors (Lipinski definition) is 1. The zero-order chi connectivity index (χ0) is 10.4. The second-order valence-corrected chi connectivity index (χ2v) is 3.80. The lowest BCUT2D eigenvalue weighted by atomic mass is 9.86. The van der Waals surface area contributed by atoms with Gasteiger partial charge in [0.15, 0.2) is 0 Å². The SMILES string of the molecule is CCC(CNC)C(C)c1cccnc1. The van der Waals surface area contributed by atoms with Crippen LogP contribution in [0.2, 0.25) is 0 Å². The molecule has 0 aromatic carbocycles. The molecule has 1 aromatic heterocycles. The second kappa shape index (κ2) is 5.76. The Bertz CT molecular complexity index is 246. The molecule has 1 N–H and O–H groups in total. The van der Waals surface area contributed by atoms with E-state index < -0.39 is 0 Å². The fraction of sp³-hybridized carbons (Fsp3) is 0.583. The Morgan fingerprint density at radius 3 is 2.79 bits per heavy atom. The summed E-state index contributed by atoms with van der Waals surface area (Å²) in [6, 6.07) is 4.17. The molecule has 0 aliphatic rings. The fourth-order valence-corrected chi connectivity index (χ4v) is 1.85. The Kier molecular flexibility index (Phi) is 4.60. The summed E-state index contributed by atoms with van der Waals surface area (Å²) in [6.45, 7) is 5.60. The summed E-state index contributed by atoms with van der Waals surface area (Å²) < 4.78 is 0. The number of pyridine rings is 1. The quantitative estimate of drug-likeness (QED) is 0.775. The van der Waals surface area contributed by atoms with Gasteiger partial charge in [-0.1, -0.05) is 26.3 Å². The van der Waals surface area contributed by atoms with E-state index in [9.17, 15) is 0 Å². The highest BCUT2D eigenvalue weighted by Gasteiger charge is 2.16. The van der Waals surface area contributed by atoms with Crippen molar-refractivity contribution in [1.29, 1.82) is 0 Å². The highest BCUT2D eigenvalue weighted by Crippen LogP contribution is 2.25. The maximum Gasteiger partial charge on any atom is 0.0302 e. The second-order valence-electron chi connectivity index (χ2n) is 3.80. The van der Waals surface area contributed by atoms with Gasteiger partial charge < -0.3 is 5.32 Å². The first-order chi connectivity index (χ1) is 6.79. The monoisotopic (exact) mass is 192 g/mol. The zero-order valence-corrected chi connectivity index (χ0v) is 9.33. The molecule has 2 atom stereocenters. The molecule has 1 rings (SSSR count). The van der Waals surface area contributed by atoms with E-state index in [2.05, 4.69) is 30.2 Å². The molecular formula is C12H20N2. The molecule has 0 fully saturated rings. The van der Waals surface area contributed by atoms with E-state index in [1.165, 1.54) is 12.0 Å². The van der Waals surface area contributed by atoms with Gasteiger partial charge in [0, 0.05) is 12.4 Å². The third-order valence-corrected chi connectivity index (χ3v) is 2.91. The van der Waals surface area contributed by atoms with Crippen molar-refractivity contribution in [3.8, 4) is 0 Å². The maximum atomic E-state index is 4.16. The molecular weight excluding hydrogens is 172 g/mol. The Morgan fingerprint density at radius 1 is 1.50 bits per heavy atom. The predicted octanol–water partition coefficient (Wildman–Crippen LogP) is 2.43. The van der Waals surface area contributed by atoms with Crippen LogP contribution >= 0.6 is 0 Å². The summed E-state index contributed by atoms with van der Waals surface area (Å²) in [6.07, 6.45) is 5.01. The minimum absolute atomic E-state index is 0.584. The van der Waals surface area contributed by atoms with Crippen molar-refractivity contribution in [3.63, 3.8) is 0 Å². The minimum atomic E-state index is 0.584. The number of nitrogens with one attached hydrogen (secondary N) is 1. The molecule has 14 heavy (non-hydrogen) atoms. The van der Waals surface area contributed by atoms with Crippen LogP contribution in [0.5, 0.6) is 0 Å². The average molecular weight is 192 g/mol. The van der Waals surface area contributed by atoms with Gasteiger partial charge in [-0.05, 0) is 37.1 Å². The largest absolute Gasteiger partial charge is 0.319 e. The van der Waals surface area contributed by atoms with E-state index in [1.54, 1.807) is 0 Å². The van der Waals surface area contributed by atoms with E-state index in [1.807, 2.05) is 25.5 Å². The summed E-state index contributed by atoms with van der Waals surface area (Å²) in [7, 11) is 2.01.